The summed E-state index contributed by atoms with van der Waals surface area (Å²) in [6.45, 7) is 2.85. The third-order valence-corrected chi connectivity index (χ3v) is 2.62. The van der Waals surface area contributed by atoms with Gasteiger partial charge in [-0.15, -0.1) is 4.98 Å². The average Bonchev–Trinajstić information content (AvgIpc) is 2.17. The van der Waals surface area contributed by atoms with Gasteiger partial charge in [-0.1, -0.05) is 0 Å². The van der Waals surface area contributed by atoms with Crippen LogP contribution < -0.4 is 15.9 Å². The quantitative estimate of drug-likeness (QED) is 0.565. The lowest BCUT2D eigenvalue weighted by molar-refractivity contribution is 0.0495. The molecule has 7 heteroatoms. The van der Waals surface area contributed by atoms with Crippen molar-refractivity contribution >= 4 is 11.9 Å². The second-order valence-corrected chi connectivity index (χ2v) is 3.79. The van der Waals surface area contributed by atoms with Crippen LogP contribution in [0.1, 0.15) is 0 Å². The largest absolute Gasteiger partial charge is 0.370 e. The summed E-state index contributed by atoms with van der Waals surface area (Å²) in [6, 6.07) is 0. The van der Waals surface area contributed by atoms with E-state index in [9.17, 15) is 4.79 Å². The van der Waals surface area contributed by atoms with Gasteiger partial charge in [0.2, 0.25) is 5.95 Å². The molecule has 0 spiro atoms. The van der Waals surface area contributed by atoms with Gasteiger partial charge in [-0.3, -0.25) is 4.48 Å². The summed E-state index contributed by atoms with van der Waals surface area (Å²) < 4.78 is 5.79. The van der Waals surface area contributed by atoms with E-state index in [1.165, 1.54) is 0 Å². The summed E-state index contributed by atoms with van der Waals surface area (Å²) in [7, 11) is 1.99. The van der Waals surface area contributed by atoms with E-state index in [4.69, 9.17) is 10.5 Å². The molecule has 1 aromatic rings. The van der Waals surface area contributed by atoms with Crippen LogP contribution in [0.5, 0.6) is 0 Å². The van der Waals surface area contributed by atoms with E-state index >= 15 is 0 Å². The molecule has 7 nitrogen and oxygen atoms in total. The highest BCUT2D eigenvalue weighted by Crippen LogP contribution is 2.16. The summed E-state index contributed by atoms with van der Waals surface area (Å²) in [4.78, 5) is 21.3. The van der Waals surface area contributed by atoms with Gasteiger partial charge in [-0.2, -0.15) is 4.98 Å². The lowest BCUT2D eigenvalue weighted by Gasteiger charge is -2.34. The van der Waals surface area contributed by atoms with Gasteiger partial charge in [-0.25, -0.2) is 9.78 Å². The van der Waals surface area contributed by atoms with Gasteiger partial charge in [0.25, 0.3) is 0 Å². The van der Waals surface area contributed by atoms with Crippen molar-refractivity contribution in [2.45, 2.75) is 0 Å². The predicted octanol–water partition coefficient (Wildman–Crippen LogP) is -1.29. The Morgan fingerprint density at radius 1 is 1.40 bits per heavy atom. The molecule has 1 saturated heterocycles. The first-order valence-corrected chi connectivity index (χ1v) is 4.77. The minimum absolute atomic E-state index is 0.0135. The zero-order valence-corrected chi connectivity index (χ0v) is 8.56. The Balaban J connectivity index is 2.38. The second-order valence-electron chi connectivity index (χ2n) is 3.79. The molecule has 3 N–H and O–H groups in total. The number of hydrogen-bond acceptors (Lipinski definition) is 5. The van der Waals surface area contributed by atoms with E-state index in [1.807, 2.05) is 7.05 Å². The monoisotopic (exact) mass is 212 g/mol. The second kappa shape index (κ2) is 3.59. The van der Waals surface area contributed by atoms with Crippen LogP contribution in [0.15, 0.2) is 4.79 Å². The van der Waals surface area contributed by atoms with Crippen LogP contribution in [0.3, 0.4) is 0 Å². The van der Waals surface area contributed by atoms with E-state index < -0.39 is 5.69 Å². The van der Waals surface area contributed by atoms with E-state index in [2.05, 4.69) is 15.0 Å². The third-order valence-electron chi connectivity index (χ3n) is 2.62. The molecule has 0 bridgehead atoms. The number of H-pyrrole nitrogens is 1. The van der Waals surface area contributed by atoms with E-state index in [-0.39, 0.29) is 5.95 Å². The molecule has 0 aromatic carbocycles. The Kier molecular flexibility index (Phi) is 2.41. The summed E-state index contributed by atoms with van der Waals surface area (Å²) in [5, 5.41) is 0. The number of anilines is 1. The van der Waals surface area contributed by atoms with Gasteiger partial charge in [0.05, 0.1) is 20.3 Å². The van der Waals surface area contributed by atoms with Crippen molar-refractivity contribution in [1.29, 1.82) is 0 Å². The van der Waals surface area contributed by atoms with Crippen LogP contribution in [-0.2, 0) is 4.74 Å². The molecule has 2 heterocycles. The third kappa shape index (κ3) is 1.97. The zero-order chi connectivity index (χ0) is 10.9. The minimum atomic E-state index is -0.455. The molecule has 1 aromatic heterocycles. The highest BCUT2D eigenvalue weighted by molar-refractivity contribution is 5.29. The van der Waals surface area contributed by atoms with Gasteiger partial charge >= 0.3 is 11.6 Å². The first-order chi connectivity index (χ1) is 7.10. The zero-order valence-electron chi connectivity index (χ0n) is 8.56. The van der Waals surface area contributed by atoms with Crippen LogP contribution in [0.2, 0.25) is 0 Å². The van der Waals surface area contributed by atoms with Crippen molar-refractivity contribution in [1.82, 2.24) is 19.4 Å². The van der Waals surface area contributed by atoms with Crippen LogP contribution in [0.25, 0.3) is 0 Å². The predicted molar refractivity (Wildman–Crippen MR) is 55.3 cm³/mol. The molecule has 0 radical (unpaired) electrons. The summed E-state index contributed by atoms with van der Waals surface area (Å²) in [5.41, 5.74) is 4.99. The van der Waals surface area contributed by atoms with Crippen LogP contribution >= 0.6 is 0 Å². The van der Waals surface area contributed by atoms with Gasteiger partial charge in [0, 0.05) is 0 Å². The molecular weight excluding hydrogens is 198 g/mol. The number of aromatic amines is 1. The van der Waals surface area contributed by atoms with E-state index in [1.54, 1.807) is 0 Å². The van der Waals surface area contributed by atoms with Crippen LogP contribution in [-0.4, -0.2) is 48.3 Å². The summed E-state index contributed by atoms with van der Waals surface area (Å²) >= 11 is 0. The number of nitrogens with zero attached hydrogens (tertiary/aromatic N) is 3. The Labute approximate surface area is 86.5 Å². The molecule has 0 atom stereocenters. The molecule has 0 unspecified atom stereocenters. The lowest BCUT2D eigenvalue weighted by Crippen LogP contribution is -2.54. The van der Waals surface area contributed by atoms with Crippen LogP contribution in [0.4, 0.5) is 11.9 Å². The maximum absolute atomic E-state index is 11.2. The van der Waals surface area contributed by atoms with E-state index in [0.717, 1.165) is 13.1 Å². The maximum atomic E-state index is 11.2. The molecule has 1 fully saturated rings. The van der Waals surface area contributed by atoms with Crippen molar-refractivity contribution in [3.05, 3.63) is 10.5 Å². The average molecular weight is 212 g/mol. The van der Waals surface area contributed by atoms with Gasteiger partial charge in [0.15, 0.2) is 0 Å². The number of nitrogens with one attached hydrogen (secondary N) is 1. The first-order valence-electron chi connectivity index (χ1n) is 4.77. The highest BCUT2D eigenvalue weighted by Gasteiger charge is 2.31. The Morgan fingerprint density at radius 3 is 2.67 bits per heavy atom. The number of nitrogens with two attached hydrogens (primary N) is 1. The summed E-state index contributed by atoms with van der Waals surface area (Å²) in [6.07, 6.45) is 0. The van der Waals surface area contributed by atoms with Crippen molar-refractivity contribution in [2.24, 2.45) is 0 Å². The molecule has 15 heavy (non-hydrogen) atoms. The Bertz CT molecular complexity index is 410. The number of morpholine rings is 1. The number of aromatic nitrogens is 3. The number of quaternary nitrogens is 1. The van der Waals surface area contributed by atoms with Crippen LogP contribution in [0, 0.1) is 0 Å². The molecule has 0 aliphatic carbocycles. The van der Waals surface area contributed by atoms with Gasteiger partial charge in [-0.05, 0) is 0 Å². The fraction of sp³-hybridized carbons (Fsp3) is 0.625. The maximum Gasteiger partial charge on any atom is 0.353 e. The number of hydrogen-bond donors (Lipinski definition) is 2. The molecule has 1 aliphatic heterocycles. The number of ether oxygens (including phenoxy) is 1. The smallest absolute Gasteiger partial charge is 0.353 e. The van der Waals surface area contributed by atoms with Crippen molar-refractivity contribution < 1.29 is 4.74 Å². The standard InChI is InChI=1S/C8H13N5O2/c1-13(2-4-15-5-3-13)7-10-6(9)11-8(14)12-7/h2-5H2,1H3,(H2-,9,10,11,12,14)/p+1. The molecule has 0 saturated carbocycles. The van der Waals surface area contributed by atoms with Gasteiger partial charge in [0.1, 0.15) is 13.1 Å². The van der Waals surface area contributed by atoms with E-state index in [0.29, 0.717) is 23.6 Å². The molecule has 0 amide bonds. The first kappa shape index (κ1) is 10.1. The van der Waals surface area contributed by atoms with Crippen molar-refractivity contribution in [3.8, 4) is 0 Å². The number of nitrogen functional groups attached to an aromatic ring is 1. The molecular formula is C8H14N5O2+. The fourth-order valence-corrected chi connectivity index (χ4v) is 1.60. The van der Waals surface area contributed by atoms with Crippen molar-refractivity contribution in [2.75, 3.05) is 39.1 Å². The molecule has 2 rings (SSSR count). The van der Waals surface area contributed by atoms with Gasteiger partial charge < -0.3 is 10.5 Å². The fourth-order valence-electron chi connectivity index (χ4n) is 1.60. The Morgan fingerprint density at radius 2 is 2.07 bits per heavy atom. The Hall–Kier alpha value is -1.47. The topological polar surface area (TPSA) is 93.9 Å². The number of rotatable bonds is 1. The highest BCUT2D eigenvalue weighted by atomic mass is 16.5. The normalized spacial score (nSPS) is 20.1. The van der Waals surface area contributed by atoms with Crippen molar-refractivity contribution in [3.63, 3.8) is 0 Å². The SMILES string of the molecule is C[N+]1(c2nc(N)nc(=O)[nH]2)CCOCC1. The summed E-state index contributed by atoms with van der Waals surface area (Å²) in [5.74, 6) is 0.565. The molecule has 82 valence electrons. The minimum Gasteiger partial charge on any atom is -0.370 e. The molecule has 1 aliphatic rings. The lowest BCUT2D eigenvalue weighted by atomic mass is 10.4. The number of likely N-dealkylation sites (N-methyl/N-ethyl adjacent to an activating group) is 1.